The zero-order valence-corrected chi connectivity index (χ0v) is 9.52. The minimum absolute atomic E-state index is 0.112. The molecule has 0 saturated heterocycles. The lowest BCUT2D eigenvalue weighted by molar-refractivity contribution is 0.382. The molecule has 0 aliphatic rings. The first-order valence-electron chi connectivity index (χ1n) is 5.03. The Hall–Kier alpha value is -2.49. The van der Waals surface area contributed by atoms with E-state index in [2.05, 4.69) is 15.4 Å². The topological polar surface area (TPSA) is 75.9 Å². The minimum Gasteiger partial charge on any atom is -0.335 e. The number of nitrogens with one attached hydrogen (secondary N) is 2. The van der Waals surface area contributed by atoms with Crippen molar-refractivity contribution >= 4 is 17.5 Å². The van der Waals surface area contributed by atoms with E-state index in [4.69, 9.17) is 5.84 Å². The third-order valence-electron chi connectivity index (χ3n) is 2.25. The van der Waals surface area contributed by atoms with Gasteiger partial charge in [-0.25, -0.2) is 32.8 Å². The van der Waals surface area contributed by atoms with E-state index in [-0.39, 0.29) is 11.8 Å². The first kappa shape index (κ1) is 13.9. The standard InChI is InChI=1S/C10H6F5N5/c11-4-5(12)7(14)9(8(15)6(4)13)18-3-1-2-17-10(19-3)20-16/h1-2H,16H2,(H2,17,18,19,20). The van der Waals surface area contributed by atoms with Crippen LogP contribution in [-0.4, -0.2) is 9.97 Å². The van der Waals surface area contributed by atoms with E-state index >= 15 is 0 Å². The van der Waals surface area contributed by atoms with Crippen molar-refractivity contribution in [2.24, 2.45) is 5.84 Å². The van der Waals surface area contributed by atoms with Crippen LogP contribution in [0.15, 0.2) is 12.3 Å². The van der Waals surface area contributed by atoms with Gasteiger partial charge in [0.05, 0.1) is 0 Å². The van der Waals surface area contributed by atoms with Crippen LogP contribution in [0.4, 0.5) is 39.4 Å². The molecule has 0 atom stereocenters. The molecule has 0 fully saturated rings. The van der Waals surface area contributed by atoms with E-state index in [0.717, 1.165) is 12.3 Å². The molecule has 0 aliphatic carbocycles. The van der Waals surface area contributed by atoms with Gasteiger partial charge in [-0.1, -0.05) is 0 Å². The zero-order valence-electron chi connectivity index (χ0n) is 9.52. The first-order chi connectivity index (χ1) is 9.45. The summed E-state index contributed by atoms with van der Waals surface area (Å²) in [5, 5.41) is 1.98. The van der Waals surface area contributed by atoms with Crippen LogP contribution in [0.5, 0.6) is 0 Å². The maximum atomic E-state index is 13.4. The Kier molecular flexibility index (Phi) is 3.66. The molecule has 5 nitrogen and oxygen atoms in total. The van der Waals surface area contributed by atoms with E-state index in [9.17, 15) is 22.0 Å². The van der Waals surface area contributed by atoms with Crippen LogP contribution < -0.4 is 16.6 Å². The van der Waals surface area contributed by atoms with Gasteiger partial charge in [-0.05, 0) is 6.07 Å². The summed E-state index contributed by atoms with van der Waals surface area (Å²) >= 11 is 0. The largest absolute Gasteiger partial charge is 0.335 e. The lowest BCUT2D eigenvalue weighted by Crippen LogP contribution is -2.12. The van der Waals surface area contributed by atoms with Gasteiger partial charge in [-0.2, -0.15) is 4.98 Å². The summed E-state index contributed by atoms with van der Waals surface area (Å²) in [4.78, 5) is 7.23. The van der Waals surface area contributed by atoms with E-state index in [1.54, 1.807) is 0 Å². The summed E-state index contributed by atoms with van der Waals surface area (Å²) in [6.45, 7) is 0. The second-order valence-electron chi connectivity index (χ2n) is 3.48. The molecule has 1 aromatic carbocycles. The summed E-state index contributed by atoms with van der Waals surface area (Å²) in [6, 6.07) is 1.15. The highest BCUT2D eigenvalue weighted by molar-refractivity contribution is 5.58. The van der Waals surface area contributed by atoms with Gasteiger partial charge in [0, 0.05) is 6.20 Å². The molecule has 0 aliphatic heterocycles. The van der Waals surface area contributed by atoms with Crippen LogP contribution >= 0.6 is 0 Å². The van der Waals surface area contributed by atoms with Crippen molar-refractivity contribution in [2.45, 2.75) is 0 Å². The van der Waals surface area contributed by atoms with Gasteiger partial charge in [0.15, 0.2) is 23.3 Å². The van der Waals surface area contributed by atoms with Crippen LogP contribution in [0, 0.1) is 29.1 Å². The van der Waals surface area contributed by atoms with E-state index in [1.807, 2.05) is 5.32 Å². The van der Waals surface area contributed by atoms with Crippen molar-refractivity contribution in [1.82, 2.24) is 9.97 Å². The molecule has 0 radical (unpaired) electrons. The Morgan fingerprint density at radius 2 is 1.45 bits per heavy atom. The Balaban J connectivity index is 2.48. The fourth-order valence-corrected chi connectivity index (χ4v) is 1.34. The van der Waals surface area contributed by atoms with Gasteiger partial charge in [-0.15, -0.1) is 0 Å². The third kappa shape index (κ3) is 2.32. The number of aromatic nitrogens is 2. The highest BCUT2D eigenvalue weighted by atomic mass is 19.2. The lowest BCUT2D eigenvalue weighted by Gasteiger charge is -2.10. The van der Waals surface area contributed by atoms with Gasteiger partial charge in [-0.3, -0.25) is 5.43 Å². The Labute approximate surface area is 108 Å². The van der Waals surface area contributed by atoms with Crippen LogP contribution in [0.25, 0.3) is 0 Å². The maximum Gasteiger partial charge on any atom is 0.239 e. The summed E-state index contributed by atoms with van der Waals surface area (Å²) in [7, 11) is 0. The molecule has 1 aromatic heterocycles. The average Bonchev–Trinajstić information content (AvgIpc) is 2.48. The molecule has 2 rings (SSSR count). The molecule has 0 unspecified atom stereocenters. The number of anilines is 3. The van der Waals surface area contributed by atoms with Crippen LogP contribution in [-0.2, 0) is 0 Å². The van der Waals surface area contributed by atoms with Crippen molar-refractivity contribution in [3.05, 3.63) is 41.3 Å². The smallest absolute Gasteiger partial charge is 0.239 e. The predicted molar refractivity (Wildman–Crippen MR) is 59.4 cm³/mol. The molecule has 0 bridgehead atoms. The second kappa shape index (κ2) is 5.25. The number of hydrogen-bond donors (Lipinski definition) is 3. The number of benzene rings is 1. The summed E-state index contributed by atoms with van der Waals surface area (Å²) in [5.41, 5.74) is 0.837. The Morgan fingerprint density at radius 1 is 0.900 bits per heavy atom. The average molecular weight is 291 g/mol. The number of rotatable bonds is 3. The van der Waals surface area contributed by atoms with Crippen molar-refractivity contribution < 1.29 is 22.0 Å². The minimum atomic E-state index is -2.24. The molecule has 0 spiro atoms. The molecule has 0 saturated carbocycles. The Morgan fingerprint density at radius 3 is 2.00 bits per heavy atom. The van der Waals surface area contributed by atoms with Crippen molar-refractivity contribution in [3.8, 4) is 0 Å². The quantitative estimate of drug-likeness (QED) is 0.266. The van der Waals surface area contributed by atoms with Gasteiger partial charge < -0.3 is 5.32 Å². The SMILES string of the molecule is NNc1nccc(Nc2c(F)c(F)c(F)c(F)c2F)n1. The lowest BCUT2D eigenvalue weighted by atomic mass is 10.2. The van der Waals surface area contributed by atoms with Crippen molar-refractivity contribution in [2.75, 3.05) is 10.7 Å². The van der Waals surface area contributed by atoms with E-state index in [0.29, 0.717) is 0 Å². The van der Waals surface area contributed by atoms with E-state index < -0.39 is 34.8 Å². The fraction of sp³-hybridized carbons (Fsp3) is 0. The van der Waals surface area contributed by atoms with Crippen molar-refractivity contribution in [3.63, 3.8) is 0 Å². The highest BCUT2D eigenvalue weighted by Crippen LogP contribution is 2.29. The van der Waals surface area contributed by atoms with Gasteiger partial charge >= 0.3 is 0 Å². The maximum absolute atomic E-state index is 13.4. The van der Waals surface area contributed by atoms with Crippen molar-refractivity contribution in [1.29, 1.82) is 0 Å². The number of hydrogen-bond acceptors (Lipinski definition) is 5. The summed E-state index contributed by atoms with van der Waals surface area (Å²) < 4.78 is 65.6. The van der Waals surface area contributed by atoms with Gasteiger partial charge in [0.2, 0.25) is 11.8 Å². The Bertz CT molecular complexity index is 634. The normalized spacial score (nSPS) is 10.5. The molecule has 1 heterocycles. The molecule has 106 valence electrons. The number of halogens is 5. The molecule has 10 heteroatoms. The first-order valence-corrected chi connectivity index (χ1v) is 5.03. The monoisotopic (exact) mass is 291 g/mol. The number of hydrazine groups is 1. The molecular weight excluding hydrogens is 285 g/mol. The van der Waals surface area contributed by atoms with Gasteiger partial charge in [0.1, 0.15) is 11.5 Å². The number of nitrogens with two attached hydrogens (primary N) is 1. The number of nitrogen functional groups attached to an aromatic ring is 1. The number of nitrogens with zero attached hydrogens (tertiary/aromatic N) is 2. The van der Waals surface area contributed by atoms with Gasteiger partial charge in [0.25, 0.3) is 0 Å². The fourth-order valence-electron chi connectivity index (χ4n) is 1.34. The second-order valence-corrected chi connectivity index (χ2v) is 3.48. The molecule has 4 N–H and O–H groups in total. The highest BCUT2D eigenvalue weighted by Gasteiger charge is 2.26. The molecule has 20 heavy (non-hydrogen) atoms. The van der Waals surface area contributed by atoms with E-state index in [1.165, 1.54) is 0 Å². The van der Waals surface area contributed by atoms with Crippen LogP contribution in [0.3, 0.4) is 0 Å². The molecule has 0 amide bonds. The predicted octanol–water partition coefficient (Wildman–Crippen LogP) is 2.20. The third-order valence-corrected chi connectivity index (χ3v) is 2.25. The molecule has 2 aromatic rings. The zero-order chi connectivity index (χ0) is 14.9. The van der Waals surface area contributed by atoms with Crippen LogP contribution in [0.2, 0.25) is 0 Å². The summed E-state index contributed by atoms with van der Waals surface area (Å²) in [5.74, 6) is -5.65. The molecular formula is C10H6F5N5. The summed E-state index contributed by atoms with van der Waals surface area (Å²) in [6.07, 6.45) is 1.16. The van der Waals surface area contributed by atoms with Crippen LogP contribution in [0.1, 0.15) is 0 Å².